The summed E-state index contributed by atoms with van der Waals surface area (Å²) in [6.45, 7) is 7.60. The number of hydrogen-bond acceptors (Lipinski definition) is 2. The van der Waals surface area contributed by atoms with Crippen LogP contribution >= 0.6 is 0 Å². The molecular formula is C17H29FN2. The lowest BCUT2D eigenvalue weighted by atomic mass is 9.96. The van der Waals surface area contributed by atoms with E-state index in [1.165, 1.54) is 37.8 Å². The molecule has 0 spiro atoms. The van der Waals surface area contributed by atoms with Gasteiger partial charge in [-0.15, -0.1) is 0 Å². The highest BCUT2D eigenvalue weighted by Crippen LogP contribution is 2.17. The third-order valence-corrected chi connectivity index (χ3v) is 3.76. The summed E-state index contributed by atoms with van der Waals surface area (Å²) in [7, 11) is 0. The van der Waals surface area contributed by atoms with Crippen LogP contribution in [0.3, 0.4) is 0 Å². The zero-order chi connectivity index (χ0) is 15.0. The molecule has 2 nitrogen and oxygen atoms in total. The van der Waals surface area contributed by atoms with Crippen molar-refractivity contribution in [2.24, 2.45) is 5.73 Å². The molecule has 1 aromatic carbocycles. The van der Waals surface area contributed by atoms with Crippen LogP contribution in [0.25, 0.3) is 0 Å². The van der Waals surface area contributed by atoms with Crippen LogP contribution < -0.4 is 11.1 Å². The van der Waals surface area contributed by atoms with E-state index in [0.717, 1.165) is 18.5 Å². The van der Waals surface area contributed by atoms with E-state index in [1.807, 2.05) is 0 Å². The Labute approximate surface area is 123 Å². The topological polar surface area (TPSA) is 38.0 Å². The molecule has 0 aromatic heterocycles. The molecule has 0 aliphatic rings. The molecule has 1 rings (SSSR count). The van der Waals surface area contributed by atoms with Gasteiger partial charge in [0.1, 0.15) is 5.82 Å². The highest BCUT2D eigenvalue weighted by Gasteiger charge is 2.16. The lowest BCUT2D eigenvalue weighted by molar-refractivity contribution is 0.342. The summed E-state index contributed by atoms with van der Waals surface area (Å²) in [6.07, 6.45) is 5.86. The smallest absolute Gasteiger partial charge is 0.123 e. The molecule has 20 heavy (non-hydrogen) atoms. The van der Waals surface area contributed by atoms with E-state index in [1.54, 1.807) is 12.1 Å². The number of rotatable bonds is 9. The molecule has 1 aromatic rings. The molecule has 0 bridgehead atoms. The molecule has 114 valence electrons. The van der Waals surface area contributed by atoms with Crippen LogP contribution in [0.2, 0.25) is 0 Å². The summed E-state index contributed by atoms with van der Waals surface area (Å²) in [5, 5.41) is 3.58. The molecule has 3 heteroatoms. The number of hydrogen-bond donors (Lipinski definition) is 2. The van der Waals surface area contributed by atoms with E-state index in [4.69, 9.17) is 5.73 Å². The van der Waals surface area contributed by atoms with Crippen LogP contribution in [0.4, 0.5) is 4.39 Å². The van der Waals surface area contributed by atoms with Crippen LogP contribution in [0.1, 0.15) is 64.5 Å². The van der Waals surface area contributed by atoms with Crippen molar-refractivity contribution < 1.29 is 4.39 Å². The molecule has 1 unspecified atom stereocenters. The quantitative estimate of drug-likeness (QED) is 0.666. The Kier molecular flexibility index (Phi) is 7.17. The van der Waals surface area contributed by atoms with E-state index < -0.39 is 0 Å². The van der Waals surface area contributed by atoms with Crippen molar-refractivity contribution in [1.29, 1.82) is 0 Å². The van der Waals surface area contributed by atoms with Crippen LogP contribution in [0.15, 0.2) is 24.3 Å². The lowest BCUT2D eigenvalue weighted by Crippen LogP contribution is -2.40. The summed E-state index contributed by atoms with van der Waals surface area (Å²) in [5.41, 5.74) is 7.30. The lowest BCUT2D eigenvalue weighted by Gasteiger charge is -2.27. The highest BCUT2D eigenvalue weighted by molar-refractivity contribution is 5.19. The van der Waals surface area contributed by atoms with Crippen molar-refractivity contribution >= 4 is 0 Å². The maximum absolute atomic E-state index is 12.9. The van der Waals surface area contributed by atoms with Gasteiger partial charge in [0.05, 0.1) is 0 Å². The van der Waals surface area contributed by atoms with Gasteiger partial charge in [-0.1, -0.05) is 38.3 Å². The minimum absolute atomic E-state index is 0.0328. The van der Waals surface area contributed by atoms with Crippen molar-refractivity contribution in [1.82, 2.24) is 5.32 Å². The Bertz CT molecular complexity index is 373. The van der Waals surface area contributed by atoms with Gasteiger partial charge in [-0.05, 0) is 50.9 Å². The Morgan fingerprint density at radius 1 is 1.20 bits per heavy atom. The third kappa shape index (κ3) is 6.49. The van der Waals surface area contributed by atoms with E-state index in [0.29, 0.717) is 0 Å². The van der Waals surface area contributed by atoms with E-state index in [-0.39, 0.29) is 17.4 Å². The maximum Gasteiger partial charge on any atom is 0.123 e. The molecular weight excluding hydrogens is 251 g/mol. The second-order valence-electron chi connectivity index (χ2n) is 6.21. The van der Waals surface area contributed by atoms with Gasteiger partial charge in [-0.2, -0.15) is 0 Å². The van der Waals surface area contributed by atoms with E-state index >= 15 is 0 Å². The Hall–Kier alpha value is -0.930. The standard InChI is InChI=1S/C17H29FN2/c1-4-5-6-12-17(2,3)20-13-11-16(19)14-7-9-15(18)10-8-14/h7-10,16,20H,4-6,11-13,19H2,1-3H3. The minimum atomic E-state index is -0.212. The average Bonchev–Trinajstić information content (AvgIpc) is 2.39. The Morgan fingerprint density at radius 2 is 1.85 bits per heavy atom. The summed E-state index contributed by atoms with van der Waals surface area (Å²) < 4.78 is 12.9. The summed E-state index contributed by atoms with van der Waals surface area (Å²) in [6, 6.07) is 6.45. The zero-order valence-corrected chi connectivity index (χ0v) is 13.1. The second kappa shape index (κ2) is 8.38. The molecule has 0 saturated heterocycles. The molecule has 0 saturated carbocycles. The Morgan fingerprint density at radius 3 is 2.45 bits per heavy atom. The third-order valence-electron chi connectivity index (χ3n) is 3.76. The number of nitrogens with two attached hydrogens (primary N) is 1. The first kappa shape index (κ1) is 17.1. The van der Waals surface area contributed by atoms with Gasteiger partial charge in [-0.3, -0.25) is 0 Å². The SMILES string of the molecule is CCCCCC(C)(C)NCCC(N)c1ccc(F)cc1. The molecule has 0 fully saturated rings. The van der Waals surface area contributed by atoms with Crippen LogP contribution in [-0.2, 0) is 0 Å². The first-order chi connectivity index (χ1) is 9.44. The molecule has 3 N–H and O–H groups in total. The van der Waals surface area contributed by atoms with Crippen LogP contribution in [-0.4, -0.2) is 12.1 Å². The van der Waals surface area contributed by atoms with Gasteiger partial charge in [0.25, 0.3) is 0 Å². The van der Waals surface area contributed by atoms with Crippen LogP contribution in [0, 0.1) is 5.82 Å². The van der Waals surface area contributed by atoms with Gasteiger partial charge in [0, 0.05) is 11.6 Å². The summed E-state index contributed by atoms with van der Waals surface area (Å²) >= 11 is 0. The summed E-state index contributed by atoms with van der Waals surface area (Å²) in [5.74, 6) is -0.212. The normalized spacial score (nSPS) is 13.4. The predicted molar refractivity (Wildman–Crippen MR) is 84.2 cm³/mol. The monoisotopic (exact) mass is 280 g/mol. The fourth-order valence-electron chi connectivity index (χ4n) is 2.35. The van der Waals surface area contributed by atoms with Gasteiger partial charge in [0.2, 0.25) is 0 Å². The number of benzene rings is 1. The van der Waals surface area contributed by atoms with Crippen molar-refractivity contribution in [3.8, 4) is 0 Å². The van der Waals surface area contributed by atoms with Crippen molar-refractivity contribution in [2.45, 2.75) is 64.5 Å². The number of unbranched alkanes of at least 4 members (excludes halogenated alkanes) is 2. The predicted octanol–water partition coefficient (Wildman–Crippen LogP) is 4.16. The summed E-state index contributed by atoms with van der Waals surface area (Å²) in [4.78, 5) is 0. The Balaban J connectivity index is 2.30. The molecule has 0 radical (unpaired) electrons. The number of halogens is 1. The van der Waals surface area contributed by atoms with Crippen molar-refractivity contribution in [2.75, 3.05) is 6.54 Å². The van der Waals surface area contributed by atoms with Gasteiger partial charge < -0.3 is 11.1 Å². The fraction of sp³-hybridized carbons (Fsp3) is 0.647. The zero-order valence-electron chi connectivity index (χ0n) is 13.1. The van der Waals surface area contributed by atoms with Gasteiger partial charge in [-0.25, -0.2) is 4.39 Å². The van der Waals surface area contributed by atoms with Gasteiger partial charge in [0.15, 0.2) is 0 Å². The van der Waals surface area contributed by atoms with Crippen molar-refractivity contribution in [3.05, 3.63) is 35.6 Å². The molecule has 1 atom stereocenters. The highest BCUT2D eigenvalue weighted by atomic mass is 19.1. The maximum atomic E-state index is 12.9. The number of nitrogens with one attached hydrogen (secondary N) is 1. The molecule has 0 aliphatic heterocycles. The largest absolute Gasteiger partial charge is 0.324 e. The first-order valence-corrected chi connectivity index (χ1v) is 7.70. The molecule has 0 aliphatic carbocycles. The van der Waals surface area contributed by atoms with Gasteiger partial charge >= 0.3 is 0 Å². The fourth-order valence-corrected chi connectivity index (χ4v) is 2.35. The minimum Gasteiger partial charge on any atom is -0.324 e. The van der Waals surface area contributed by atoms with Crippen LogP contribution in [0.5, 0.6) is 0 Å². The average molecular weight is 280 g/mol. The van der Waals surface area contributed by atoms with Crippen molar-refractivity contribution in [3.63, 3.8) is 0 Å². The molecule has 0 amide bonds. The second-order valence-corrected chi connectivity index (χ2v) is 6.21. The van der Waals surface area contributed by atoms with E-state index in [9.17, 15) is 4.39 Å². The molecule has 0 heterocycles. The van der Waals surface area contributed by atoms with E-state index in [2.05, 4.69) is 26.1 Å². The first-order valence-electron chi connectivity index (χ1n) is 7.70.